The van der Waals surface area contributed by atoms with Crippen molar-refractivity contribution in [2.24, 2.45) is 0 Å². The van der Waals surface area contributed by atoms with Crippen molar-refractivity contribution in [2.45, 2.75) is 20.0 Å². The smallest absolute Gasteiger partial charge is 0.387 e. The van der Waals surface area contributed by atoms with E-state index in [4.69, 9.17) is 4.74 Å². The van der Waals surface area contributed by atoms with Gasteiger partial charge in [-0.25, -0.2) is 0 Å². The third-order valence-corrected chi connectivity index (χ3v) is 2.97. The van der Waals surface area contributed by atoms with Crippen molar-refractivity contribution < 1.29 is 23.0 Å². The van der Waals surface area contributed by atoms with E-state index in [0.717, 1.165) is 0 Å². The van der Waals surface area contributed by atoms with Crippen LogP contribution in [0.3, 0.4) is 0 Å². The number of alkyl halides is 2. The lowest BCUT2D eigenvalue weighted by atomic mass is 10.1. The normalized spacial score (nSPS) is 10.4. The summed E-state index contributed by atoms with van der Waals surface area (Å²) in [5.41, 5.74) is 1.29. The molecule has 0 radical (unpaired) electrons. The van der Waals surface area contributed by atoms with E-state index < -0.39 is 6.61 Å². The van der Waals surface area contributed by atoms with Crippen LogP contribution in [-0.2, 0) is 11.2 Å². The van der Waals surface area contributed by atoms with E-state index in [1.165, 1.54) is 12.1 Å². The van der Waals surface area contributed by atoms with E-state index in [1.807, 2.05) is 13.0 Å². The molecule has 0 bridgehead atoms. The number of hydrogen-bond acceptors (Lipinski definition) is 3. The van der Waals surface area contributed by atoms with Gasteiger partial charge in [0.15, 0.2) is 0 Å². The van der Waals surface area contributed by atoms with E-state index in [2.05, 4.69) is 10.1 Å². The molecule has 2 rings (SSSR count). The molecule has 0 aliphatic heterocycles. The van der Waals surface area contributed by atoms with E-state index in [9.17, 15) is 13.6 Å². The Balaban J connectivity index is 1.97. The second-order valence-electron chi connectivity index (χ2n) is 4.68. The number of carbonyl (C=O) groups excluding carboxylic acids is 1. The van der Waals surface area contributed by atoms with E-state index in [-0.39, 0.29) is 18.1 Å². The first-order valence-corrected chi connectivity index (χ1v) is 7.14. The Morgan fingerprint density at radius 3 is 2.48 bits per heavy atom. The first-order valence-electron chi connectivity index (χ1n) is 7.14. The minimum atomic E-state index is -2.86. The molecule has 0 atom stereocenters. The summed E-state index contributed by atoms with van der Waals surface area (Å²) in [6, 6.07) is 13.1. The van der Waals surface area contributed by atoms with Crippen LogP contribution in [0.5, 0.6) is 11.5 Å². The van der Waals surface area contributed by atoms with Gasteiger partial charge in [-0.2, -0.15) is 8.78 Å². The molecule has 0 fully saturated rings. The minimum Gasteiger partial charge on any atom is -0.492 e. The van der Waals surface area contributed by atoms with Gasteiger partial charge in [0.25, 0.3) is 0 Å². The fourth-order valence-corrected chi connectivity index (χ4v) is 2.02. The zero-order valence-corrected chi connectivity index (χ0v) is 12.6. The van der Waals surface area contributed by atoms with Crippen molar-refractivity contribution in [2.75, 3.05) is 11.9 Å². The van der Waals surface area contributed by atoms with Crippen LogP contribution in [0.1, 0.15) is 12.5 Å². The molecule has 1 N–H and O–H groups in total. The lowest BCUT2D eigenvalue weighted by Crippen LogP contribution is -2.15. The molecular weight excluding hydrogens is 304 g/mol. The number of amides is 1. The molecule has 122 valence electrons. The highest BCUT2D eigenvalue weighted by molar-refractivity contribution is 5.93. The summed E-state index contributed by atoms with van der Waals surface area (Å²) in [6.45, 7) is -0.501. The molecule has 6 heteroatoms. The number of benzene rings is 2. The number of halogens is 2. The largest absolute Gasteiger partial charge is 0.492 e. The Labute approximate surface area is 133 Å². The fourth-order valence-electron chi connectivity index (χ4n) is 2.02. The monoisotopic (exact) mass is 321 g/mol. The summed E-state index contributed by atoms with van der Waals surface area (Å²) < 4.78 is 33.9. The molecule has 23 heavy (non-hydrogen) atoms. The maximum absolute atomic E-state index is 12.1. The van der Waals surface area contributed by atoms with Crippen molar-refractivity contribution in [1.29, 1.82) is 0 Å². The molecule has 0 aromatic heterocycles. The van der Waals surface area contributed by atoms with Crippen LogP contribution < -0.4 is 14.8 Å². The van der Waals surface area contributed by atoms with Crippen LogP contribution in [-0.4, -0.2) is 19.1 Å². The molecular formula is C17H17F2NO3. The highest BCUT2D eigenvalue weighted by Crippen LogP contribution is 2.24. The van der Waals surface area contributed by atoms with Crippen LogP contribution in [0.15, 0.2) is 48.5 Å². The molecule has 0 aliphatic rings. The fraction of sp³-hybridized carbons (Fsp3) is 0.235. The van der Waals surface area contributed by atoms with Gasteiger partial charge in [0.1, 0.15) is 11.5 Å². The van der Waals surface area contributed by atoms with Crippen LogP contribution in [0.4, 0.5) is 14.5 Å². The van der Waals surface area contributed by atoms with Crippen molar-refractivity contribution in [3.63, 3.8) is 0 Å². The van der Waals surface area contributed by atoms with Crippen LogP contribution in [0.25, 0.3) is 0 Å². The van der Waals surface area contributed by atoms with E-state index >= 15 is 0 Å². The first-order chi connectivity index (χ1) is 11.1. The van der Waals surface area contributed by atoms with Gasteiger partial charge in [-0.1, -0.05) is 24.3 Å². The molecule has 2 aromatic rings. The molecule has 0 heterocycles. The maximum Gasteiger partial charge on any atom is 0.387 e. The summed E-state index contributed by atoms with van der Waals surface area (Å²) in [6.07, 6.45) is 0.120. The standard InChI is InChI=1S/C17H17F2NO3/c1-2-22-15-6-4-3-5-14(15)20-16(21)11-12-7-9-13(10-8-12)23-17(18)19/h3-10,17H,2,11H2,1H3,(H,20,21). The average Bonchev–Trinajstić information content (AvgIpc) is 2.51. The summed E-state index contributed by atoms with van der Waals surface area (Å²) in [7, 11) is 0. The Bertz CT molecular complexity index is 645. The van der Waals surface area contributed by atoms with Crippen LogP contribution in [0, 0.1) is 0 Å². The summed E-state index contributed by atoms with van der Waals surface area (Å²) in [4.78, 5) is 12.1. The topological polar surface area (TPSA) is 47.6 Å². The predicted octanol–water partition coefficient (Wildman–Crippen LogP) is 3.87. The Morgan fingerprint density at radius 2 is 1.83 bits per heavy atom. The third kappa shape index (κ3) is 5.25. The van der Waals surface area contributed by atoms with Gasteiger partial charge in [-0.05, 0) is 36.8 Å². The Hall–Kier alpha value is -2.63. The summed E-state index contributed by atoms with van der Waals surface area (Å²) in [5, 5.41) is 2.78. The number of anilines is 1. The Morgan fingerprint density at radius 1 is 1.13 bits per heavy atom. The highest BCUT2D eigenvalue weighted by atomic mass is 19.3. The zero-order valence-electron chi connectivity index (χ0n) is 12.6. The van der Waals surface area contributed by atoms with Crippen molar-refractivity contribution >= 4 is 11.6 Å². The number of carbonyl (C=O) groups is 1. The number of nitrogens with one attached hydrogen (secondary N) is 1. The molecule has 0 saturated carbocycles. The zero-order chi connectivity index (χ0) is 16.7. The van der Waals surface area contributed by atoms with Crippen molar-refractivity contribution in [3.8, 4) is 11.5 Å². The molecule has 0 saturated heterocycles. The van der Waals surface area contributed by atoms with Gasteiger partial charge >= 0.3 is 6.61 Å². The minimum absolute atomic E-state index is 0.0610. The SMILES string of the molecule is CCOc1ccccc1NC(=O)Cc1ccc(OC(F)F)cc1. The number of hydrogen-bond donors (Lipinski definition) is 1. The van der Waals surface area contributed by atoms with Gasteiger partial charge < -0.3 is 14.8 Å². The van der Waals surface area contributed by atoms with Crippen LogP contribution >= 0.6 is 0 Å². The van der Waals surface area contributed by atoms with Crippen molar-refractivity contribution in [1.82, 2.24) is 0 Å². The first kappa shape index (κ1) is 16.7. The van der Waals surface area contributed by atoms with Gasteiger partial charge in [0.2, 0.25) is 5.91 Å². The maximum atomic E-state index is 12.1. The molecule has 0 aliphatic carbocycles. The lowest BCUT2D eigenvalue weighted by molar-refractivity contribution is -0.115. The molecule has 0 spiro atoms. The quantitative estimate of drug-likeness (QED) is 0.842. The number of para-hydroxylation sites is 2. The van der Waals surface area contributed by atoms with Gasteiger partial charge in [0.05, 0.1) is 18.7 Å². The van der Waals surface area contributed by atoms with E-state index in [1.54, 1.807) is 30.3 Å². The highest BCUT2D eigenvalue weighted by Gasteiger charge is 2.09. The van der Waals surface area contributed by atoms with Crippen molar-refractivity contribution in [3.05, 3.63) is 54.1 Å². The van der Waals surface area contributed by atoms with Crippen LogP contribution in [0.2, 0.25) is 0 Å². The lowest BCUT2D eigenvalue weighted by Gasteiger charge is -2.11. The Kier molecular flexibility index (Phi) is 5.91. The van der Waals surface area contributed by atoms with Gasteiger partial charge in [0, 0.05) is 0 Å². The third-order valence-electron chi connectivity index (χ3n) is 2.97. The predicted molar refractivity (Wildman–Crippen MR) is 83.0 cm³/mol. The molecule has 4 nitrogen and oxygen atoms in total. The second-order valence-corrected chi connectivity index (χ2v) is 4.68. The van der Waals surface area contributed by atoms with E-state index in [0.29, 0.717) is 23.6 Å². The average molecular weight is 321 g/mol. The summed E-state index contributed by atoms with van der Waals surface area (Å²) >= 11 is 0. The van der Waals surface area contributed by atoms with Gasteiger partial charge in [-0.3, -0.25) is 4.79 Å². The second kappa shape index (κ2) is 8.12. The molecule has 1 amide bonds. The van der Waals surface area contributed by atoms with Gasteiger partial charge in [-0.15, -0.1) is 0 Å². The molecule has 0 unspecified atom stereocenters. The molecule has 2 aromatic carbocycles. The number of ether oxygens (including phenoxy) is 2. The number of rotatable bonds is 7. The summed E-state index contributed by atoms with van der Waals surface area (Å²) in [5.74, 6) is 0.439.